The molecule has 4 heteroatoms. The van der Waals surface area contributed by atoms with Gasteiger partial charge in [-0.1, -0.05) is 0 Å². The Morgan fingerprint density at radius 3 is 2.87 bits per heavy atom. The van der Waals surface area contributed by atoms with Gasteiger partial charge in [-0.15, -0.1) is 0 Å². The van der Waals surface area contributed by atoms with Crippen LogP contribution in [0.2, 0.25) is 0 Å². The van der Waals surface area contributed by atoms with Crippen molar-refractivity contribution in [3.05, 3.63) is 11.8 Å². The van der Waals surface area contributed by atoms with E-state index in [-0.39, 0.29) is 0 Å². The monoisotopic (exact) mass is 210 g/mol. The molecule has 0 spiro atoms. The van der Waals surface area contributed by atoms with Crippen molar-refractivity contribution in [3.8, 4) is 0 Å². The highest BCUT2D eigenvalue weighted by Gasteiger charge is 2.07. The van der Waals surface area contributed by atoms with Crippen LogP contribution in [0.15, 0.2) is 16.8 Å². The second-order valence-corrected chi connectivity index (χ2v) is 3.89. The summed E-state index contributed by atoms with van der Waals surface area (Å²) >= 11 is 0. The van der Waals surface area contributed by atoms with Gasteiger partial charge in [0.2, 0.25) is 0 Å². The number of nitrogens with one attached hydrogen (secondary N) is 1. The smallest absolute Gasteiger partial charge is 0.0401 e. The van der Waals surface area contributed by atoms with E-state index in [1.807, 2.05) is 13.1 Å². The van der Waals surface area contributed by atoms with E-state index >= 15 is 0 Å². The molecule has 1 fully saturated rings. The zero-order valence-electron chi connectivity index (χ0n) is 9.58. The van der Waals surface area contributed by atoms with Crippen molar-refractivity contribution in [2.24, 2.45) is 10.7 Å². The van der Waals surface area contributed by atoms with Gasteiger partial charge in [-0.05, 0) is 31.7 Å². The number of rotatable bonds is 5. The molecule has 0 bridgehead atoms. The number of hydrogen-bond donors (Lipinski definition) is 2. The van der Waals surface area contributed by atoms with E-state index in [1.54, 1.807) is 6.20 Å². The number of allylic oxidation sites excluding steroid dienone is 1. The summed E-state index contributed by atoms with van der Waals surface area (Å²) in [6.45, 7) is 8.60. The first-order chi connectivity index (χ1) is 7.33. The minimum Gasteiger partial charge on any atom is -0.404 e. The second kappa shape index (κ2) is 7.43. The Bertz CT molecular complexity index is 217. The minimum atomic E-state index is 0.898. The zero-order valence-corrected chi connectivity index (χ0v) is 9.58. The molecule has 1 rings (SSSR count). The topological polar surface area (TPSA) is 53.6 Å². The number of nitrogens with zero attached hydrogens (tertiary/aromatic N) is 2. The lowest BCUT2D eigenvalue weighted by Gasteiger charge is -2.26. The van der Waals surface area contributed by atoms with E-state index in [2.05, 4.69) is 15.2 Å². The molecule has 0 radical (unpaired) electrons. The van der Waals surface area contributed by atoms with Gasteiger partial charge in [0.15, 0.2) is 0 Å². The number of aliphatic imine (C=N–C) groups is 1. The number of piperazine rings is 1. The zero-order chi connectivity index (χ0) is 10.9. The van der Waals surface area contributed by atoms with E-state index in [9.17, 15) is 0 Å². The number of hydrogen-bond acceptors (Lipinski definition) is 4. The van der Waals surface area contributed by atoms with Crippen LogP contribution in [0.5, 0.6) is 0 Å². The first kappa shape index (κ1) is 12.2. The third-order valence-corrected chi connectivity index (χ3v) is 2.53. The molecule has 0 aromatic heterocycles. The normalized spacial score (nSPS) is 19.9. The van der Waals surface area contributed by atoms with E-state index in [0.717, 1.165) is 38.2 Å². The minimum absolute atomic E-state index is 0.898. The van der Waals surface area contributed by atoms with Crippen molar-refractivity contribution < 1.29 is 0 Å². The Morgan fingerprint density at radius 2 is 2.20 bits per heavy atom. The van der Waals surface area contributed by atoms with E-state index in [1.165, 1.54) is 13.1 Å². The van der Waals surface area contributed by atoms with Crippen molar-refractivity contribution in [2.75, 3.05) is 39.3 Å². The first-order valence-corrected chi connectivity index (χ1v) is 5.64. The van der Waals surface area contributed by atoms with Gasteiger partial charge in [0.1, 0.15) is 0 Å². The average Bonchev–Trinajstić information content (AvgIpc) is 2.29. The van der Waals surface area contributed by atoms with Crippen LogP contribution in [-0.4, -0.2) is 50.4 Å². The standard InChI is InChI=1S/C11H22N4/c1-11(9-12)10-14-3-2-6-15-7-4-13-5-8-15/h9-10,13H,2-8,12H2,1H3/b11-9-,14-10?. The molecule has 1 aliphatic heterocycles. The summed E-state index contributed by atoms with van der Waals surface area (Å²) in [5.74, 6) is 0. The Kier molecular flexibility index (Phi) is 6.04. The van der Waals surface area contributed by atoms with Gasteiger partial charge >= 0.3 is 0 Å². The van der Waals surface area contributed by atoms with Crippen LogP contribution in [0.3, 0.4) is 0 Å². The lowest BCUT2D eigenvalue weighted by Crippen LogP contribution is -2.43. The predicted molar refractivity (Wildman–Crippen MR) is 65.2 cm³/mol. The lowest BCUT2D eigenvalue weighted by atomic mass is 10.3. The Morgan fingerprint density at radius 1 is 1.47 bits per heavy atom. The molecule has 86 valence electrons. The fourth-order valence-corrected chi connectivity index (χ4v) is 1.57. The average molecular weight is 210 g/mol. The van der Waals surface area contributed by atoms with E-state index in [0.29, 0.717) is 0 Å². The SMILES string of the molecule is C/C(C=NCCCN1CCNCC1)=C/N. The maximum Gasteiger partial charge on any atom is 0.0401 e. The summed E-state index contributed by atoms with van der Waals surface area (Å²) in [6.07, 6.45) is 4.56. The highest BCUT2D eigenvalue weighted by atomic mass is 15.2. The van der Waals surface area contributed by atoms with Crippen molar-refractivity contribution in [1.29, 1.82) is 0 Å². The molecule has 4 nitrogen and oxygen atoms in total. The second-order valence-electron chi connectivity index (χ2n) is 3.89. The highest BCUT2D eigenvalue weighted by molar-refractivity contribution is 5.77. The fraction of sp³-hybridized carbons (Fsp3) is 0.727. The Hall–Kier alpha value is -0.870. The summed E-state index contributed by atoms with van der Waals surface area (Å²) in [6, 6.07) is 0. The van der Waals surface area contributed by atoms with Gasteiger partial charge in [-0.3, -0.25) is 4.99 Å². The van der Waals surface area contributed by atoms with Crippen LogP contribution >= 0.6 is 0 Å². The fourth-order valence-electron chi connectivity index (χ4n) is 1.57. The van der Waals surface area contributed by atoms with Crippen molar-refractivity contribution >= 4 is 6.21 Å². The van der Waals surface area contributed by atoms with Crippen LogP contribution in [0, 0.1) is 0 Å². The molecule has 0 saturated carbocycles. The molecule has 0 atom stereocenters. The Labute approximate surface area is 92.2 Å². The van der Waals surface area contributed by atoms with Crippen LogP contribution < -0.4 is 11.1 Å². The van der Waals surface area contributed by atoms with E-state index < -0.39 is 0 Å². The molecule has 0 aliphatic carbocycles. The summed E-state index contributed by atoms with van der Waals surface area (Å²) in [5, 5.41) is 3.35. The van der Waals surface area contributed by atoms with Gasteiger partial charge in [0.05, 0.1) is 0 Å². The molecule has 0 unspecified atom stereocenters. The van der Waals surface area contributed by atoms with Gasteiger partial charge in [0.25, 0.3) is 0 Å². The lowest BCUT2D eigenvalue weighted by molar-refractivity contribution is 0.240. The molecular formula is C11H22N4. The molecule has 1 heterocycles. The van der Waals surface area contributed by atoms with Crippen LogP contribution in [0.25, 0.3) is 0 Å². The first-order valence-electron chi connectivity index (χ1n) is 5.64. The third-order valence-electron chi connectivity index (χ3n) is 2.53. The van der Waals surface area contributed by atoms with Crippen molar-refractivity contribution in [2.45, 2.75) is 13.3 Å². The van der Waals surface area contributed by atoms with Crippen molar-refractivity contribution in [3.63, 3.8) is 0 Å². The molecule has 0 aromatic carbocycles. The summed E-state index contributed by atoms with van der Waals surface area (Å²) in [5.41, 5.74) is 6.36. The molecule has 3 N–H and O–H groups in total. The molecule has 1 saturated heterocycles. The van der Waals surface area contributed by atoms with Crippen LogP contribution in [0.1, 0.15) is 13.3 Å². The van der Waals surface area contributed by atoms with Crippen LogP contribution in [-0.2, 0) is 0 Å². The van der Waals surface area contributed by atoms with Crippen molar-refractivity contribution in [1.82, 2.24) is 10.2 Å². The van der Waals surface area contributed by atoms with Crippen LogP contribution in [0.4, 0.5) is 0 Å². The van der Waals surface area contributed by atoms with Gasteiger partial charge in [-0.25, -0.2) is 0 Å². The maximum atomic E-state index is 5.34. The third kappa shape index (κ3) is 5.54. The molecule has 0 aromatic rings. The summed E-state index contributed by atoms with van der Waals surface area (Å²) < 4.78 is 0. The number of nitrogens with two attached hydrogens (primary N) is 1. The molecule has 1 aliphatic rings. The molecular weight excluding hydrogens is 188 g/mol. The summed E-state index contributed by atoms with van der Waals surface area (Å²) in [7, 11) is 0. The maximum absolute atomic E-state index is 5.34. The predicted octanol–water partition coefficient (Wildman–Crippen LogP) is 0.215. The molecule has 15 heavy (non-hydrogen) atoms. The quantitative estimate of drug-likeness (QED) is 0.504. The van der Waals surface area contributed by atoms with Gasteiger partial charge < -0.3 is 16.0 Å². The molecule has 0 amide bonds. The van der Waals surface area contributed by atoms with Gasteiger partial charge in [-0.2, -0.15) is 0 Å². The van der Waals surface area contributed by atoms with E-state index in [4.69, 9.17) is 5.73 Å². The summed E-state index contributed by atoms with van der Waals surface area (Å²) in [4.78, 5) is 6.79. The highest BCUT2D eigenvalue weighted by Crippen LogP contribution is 1.94. The largest absolute Gasteiger partial charge is 0.404 e. The van der Waals surface area contributed by atoms with Gasteiger partial charge in [0, 0.05) is 38.9 Å². The Balaban J connectivity index is 2.03.